The molecule has 0 spiro atoms. The first-order chi connectivity index (χ1) is 9.83. The van der Waals surface area contributed by atoms with Crippen LogP contribution in [-0.2, 0) is 0 Å². The SMILES string of the molecule is C=C(C)C1(O)CC=C(C)CCC=C(C)CCC=C(C)CC1. The zero-order chi connectivity index (χ0) is 15.9. The summed E-state index contributed by atoms with van der Waals surface area (Å²) in [6.45, 7) is 12.5. The molecular formula is C20H32O. The molecule has 118 valence electrons. The molecule has 0 aliphatic heterocycles. The summed E-state index contributed by atoms with van der Waals surface area (Å²) in [6, 6.07) is 0. The fraction of sp³-hybridized carbons (Fsp3) is 0.600. The van der Waals surface area contributed by atoms with Crippen LogP contribution < -0.4 is 0 Å². The molecule has 0 aromatic heterocycles. The van der Waals surface area contributed by atoms with E-state index in [0.29, 0.717) is 6.42 Å². The smallest absolute Gasteiger partial charge is 0.0888 e. The van der Waals surface area contributed by atoms with E-state index in [1.807, 2.05) is 6.92 Å². The Bertz CT molecular complexity index is 450. The van der Waals surface area contributed by atoms with Crippen LogP contribution in [0.4, 0.5) is 0 Å². The number of hydrogen-bond donors (Lipinski definition) is 1. The van der Waals surface area contributed by atoms with Crippen LogP contribution in [0.25, 0.3) is 0 Å². The quantitative estimate of drug-likeness (QED) is 0.598. The highest BCUT2D eigenvalue weighted by Gasteiger charge is 2.26. The van der Waals surface area contributed by atoms with Gasteiger partial charge in [0, 0.05) is 0 Å². The maximum absolute atomic E-state index is 10.9. The van der Waals surface area contributed by atoms with Crippen LogP contribution >= 0.6 is 0 Å². The molecular weight excluding hydrogens is 256 g/mol. The monoisotopic (exact) mass is 288 g/mol. The van der Waals surface area contributed by atoms with Gasteiger partial charge < -0.3 is 5.11 Å². The van der Waals surface area contributed by atoms with Crippen LogP contribution in [0.1, 0.15) is 72.6 Å². The highest BCUT2D eigenvalue weighted by atomic mass is 16.3. The maximum atomic E-state index is 10.9. The minimum Gasteiger partial charge on any atom is -0.385 e. The summed E-state index contributed by atoms with van der Waals surface area (Å²) in [6.07, 6.45) is 13.7. The van der Waals surface area contributed by atoms with Crippen molar-refractivity contribution in [1.82, 2.24) is 0 Å². The molecule has 1 heteroatoms. The van der Waals surface area contributed by atoms with Gasteiger partial charge >= 0.3 is 0 Å². The van der Waals surface area contributed by atoms with Crippen molar-refractivity contribution in [3.63, 3.8) is 0 Å². The average Bonchev–Trinajstić information content (AvgIpc) is 2.42. The van der Waals surface area contributed by atoms with Gasteiger partial charge in [0.15, 0.2) is 0 Å². The maximum Gasteiger partial charge on any atom is 0.0888 e. The van der Waals surface area contributed by atoms with Crippen LogP contribution in [-0.4, -0.2) is 10.7 Å². The lowest BCUT2D eigenvalue weighted by atomic mass is 9.85. The molecule has 0 saturated carbocycles. The molecule has 0 amide bonds. The van der Waals surface area contributed by atoms with Crippen molar-refractivity contribution in [2.75, 3.05) is 0 Å². The number of hydrogen-bond acceptors (Lipinski definition) is 1. The lowest BCUT2D eigenvalue weighted by molar-refractivity contribution is 0.0726. The van der Waals surface area contributed by atoms with Gasteiger partial charge in [0.1, 0.15) is 0 Å². The summed E-state index contributed by atoms with van der Waals surface area (Å²) in [5, 5.41) is 10.9. The van der Waals surface area contributed by atoms with Crippen LogP contribution in [0, 0.1) is 0 Å². The highest BCUT2D eigenvalue weighted by molar-refractivity contribution is 5.16. The van der Waals surface area contributed by atoms with E-state index in [1.165, 1.54) is 16.7 Å². The zero-order valence-electron chi connectivity index (χ0n) is 14.3. The number of rotatable bonds is 1. The van der Waals surface area contributed by atoms with Gasteiger partial charge in [-0.2, -0.15) is 0 Å². The zero-order valence-corrected chi connectivity index (χ0v) is 14.3. The molecule has 1 aliphatic carbocycles. The fourth-order valence-electron chi connectivity index (χ4n) is 2.64. The third kappa shape index (κ3) is 6.48. The van der Waals surface area contributed by atoms with Crippen molar-refractivity contribution in [3.8, 4) is 0 Å². The topological polar surface area (TPSA) is 20.2 Å². The largest absolute Gasteiger partial charge is 0.385 e. The van der Waals surface area contributed by atoms with Crippen LogP contribution in [0.15, 0.2) is 47.1 Å². The summed E-state index contributed by atoms with van der Waals surface area (Å²) < 4.78 is 0. The second-order valence-corrected chi connectivity index (χ2v) is 6.74. The van der Waals surface area contributed by atoms with Crippen molar-refractivity contribution in [1.29, 1.82) is 0 Å². The summed E-state index contributed by atoms with van der Waals surface area (Å²) in [5.41, 5.74) is 4.35. The van der Waals surface area contributed by atoms with Crippen molar-refractivity contribution < 1.29 is 5.11 Å². The Morgan fingerprint density at radius 1 is 0.952 bits per heavy atom. The van der Waals surface area contributed by atoms with Crippen molar-refractivity contribution in [3.05, 3.63) is 47.1 Å². The van der Waals surface area contributed by atoms with Crippen LogP contribution in [0.5, 0.6) is 0 Å². The first-order valence-electron chi connectivity index (χ1n) is 8.19. The minimum atomic E-state index is -0.758. The fourth-order valence-corrected chi connectivity index (χ4v) is 2.64. The summed E-state index contributed by atoms with van der Waals surface area (Å²) in [5.74, 6) is 0. The average molecular weight is 288 g/mol. The van der Waals surface area contributed by atoms with E-state index in [1.54, 1.807) is 0 Å². The van der Waals surface area contributed by atoms with Crippen LogP contribution in [0.3, 0.4) is 0 Å². The predicted octanol–water partition coefficient (Wildman–Crippen LogP) is 5.88. The highest BCUT2D eigenvalue weighted by Crippen LogP contribution is 2.29. The molecule has 1 unspecified atom stereocenters. The Morgan fingerprint density at radius 3 is 1.95 bits per heavy atom. The molecule has 1 rings (SSSR count). The van der Waals surface area contributed by atoms with E-state index >= 15 is 0 Å². The molecule has 0 fully saturated rings. The lowest BCUT2D eigenvalue weighted by Crippen LogP contribution is -2.29. The van der Waals surface area contributed by atoms with Gasteiger partial charge in [-0.25, -0.2) is 0 Å². The molecule has 0 aromatic carbocycles. The normalized spacial score (nSPS) is 26.2. The third-order valence-electron chi connectivity index (χ3n) is 4.58. The number of aliphatic hydroxyl groups is 1. The Balaban J connectivity index is 2.91. The summed E-state index contributed by atoms with van der Waals surface area (Å²) in [4.78, 5) is 0. The van der Waals surface area contributed by atoms with Gasteiger partial charge in [-0.3, -0.25) is 0 Å². The third-order valence-corrected chi connectivity index (χ3v) is 4.58. The standard InChI is InChI=1S/C20H32O/c1-16(2)20(21)14-12-18(4)10-6-8-17(3)9-7-11-19(5)13-15-20/h8,11-12,21H,1,6-7,9-10,13-15H2,2-5H3. The molecule has 0 aromatic rings. The summed E-state index contributed by atoms with van der Waals surface area (Å²) >= 11 is 0. The van der Waals surface area contributed by atoms with E-state index in [-0.39, 0.29) is 0 Å². The molecule has 0 saturated heterocycles. The van der Waals surface area contributed by atoms with E-state index in [4.69, 9.17) is 0 Å². The minimum absolute atomic E-state index is 0.685. The first kappa shape index (κ1) is 18.0. The molecule has 1 N–H and O–H groups in total. The molecule has 0 bridgehead atoms. The molecule has 21 heavy (non-hydrogen) atoms. The Hall–Kier alpha value is -1.08. The predicted molar refractivity (Wildman–Crippen MR) is 93.4 cm³/mol. The van der Waals surface area contributed by atoms with Crippen molar-refractivity contribution in [2.24, 2.45) is 0 Å². The van der Waals surface area contributed by atoms with Crippen LogP contribution in [0.2, 0.25) is 0 Å². The van der Waals surface area contributed by atoms with E-state index in [2.05, 4.69) is 45.6 Å². The molecule has 0 radical (unpaired) electrons. The van der Waals surface area contributed by atoms with E-state index in [9.17, 15) is 5.11 Å². The lowest BCUT2D eigenvalue weighted by Gasteiger charge is -2.28. The van der Waals surface area contributed by atoms with Gasteiger partial charge in [0.05, 0.1) is 5.60 Å². The summed E-state index contributed by atoms with van der Waals surface area (Å²) in [7, 11) is 0. The van der Waals surface area contributed by atoms with Gasteiger partial charge in [0.25, 0.3) is 0 Å². The van der Waals surface area contributed by atoms with Gasteiger partial charge in [0.2, 0.25) is 0 Å². The van der Waals surface area contributed by atoms with Gasteiger partial charge in [-0.15, -0.1) is 0 Å². The Morgan fingerprint density at radius 2 is 1.43 bits per heavy atom. The van der Waals surface area contributed by atoms with Gasteiger partial charge in [-0.05, 0) is 78.2 Å². The van der Waals surface area contributed by atoms with E-state index in [0.717, 1.165) is 44.1 Å². The Labute approximate surface area is 131 Å². The second kappa shape index (κ2) is 8.38. The number of allylic oxidation sites excluding steroid dienone is 5. The molecule has 1 atom stereocenters. The first-order valence-corrected chi connectivity index (χ1v) is 8.19. The molecule has 1 nitrogen and oxygen atoms in total. The molecule has 1 aliphatic rings. The second-order valence-electron chi connectivity index (χ2n) is 6.74. The van der Waals surface area contributed by atoms with Gasteiger partial charge in [-0.1, -0.05) is 41.5 Å². The van der Waals surface area contributed by atoms with Crippen molar-refractivity contribution >= 4 is 0 Å². The van der Waals surface area contributed by atoms with Crippen molar-refractivity contribution in [2.45, 2.75) is 78.2 Å². The molecule has 0 heterocycles. The van der Waals surface area contributed by atoms with E-state index < -0.39 is 5.60 Å². The Kier molecular flexibility index (Phi) is 7.17.